The molecule has 2 aliphatic rings. The molecule has 0 aromatic rings. The summed E-state index contributed by atoms with van der Waals surface area (Å²) < 4.78 is 10.7. The summed E-state index contributed by atoms with van der Waals surface area (Å²) in [6.45, 7) is 8.19. The maximum Gasteiger partial charge on any atom is 0.325 e. The molecule has 4 unspecified atom stereocenters. The van der Waals surface area contributed by atoms with E-state index in [0.717, 1.165) is 12.8 Å². The van der Waals surface area contributed by atoms with Gasteiger partial charge < -0.3 is 14.4 Å². The summed E-state index contributed by atoms with van der Waals surface area (Å²) in [6.07, 6.45) is 1.96. The normalized spacial score (nSPS) is 33.0. The fourth-order valence-electron chi connectivity index (χ4n) is 3.00. The van der Waals surface area contributed by atoms with E-state index in [1.807, 2.05) is 20.8 Å². The molecule has 2 fully saturated rings. The topological polar surface area (TPSA) is 55.8 Å². The Bertz CT molecular complexity index is 380. The van der Waals surface area contributed by atoms with Gasteiger partial charge in [-0.05, 0) is 39.5 Å². The fourth-order valence-corrected chi connectivity index (χ4v) is 3.00. The van der Waals surface area contributed by atoms with Crippen molar-refractivity contribution >= 4 is 11.9 Å². The number of rotatable bonds is 5. The minimum atomic E-state index is -0.319. The molecule has 1 saturated carbocycles. The number of esters is 1. The van der Waals surface area contributed by atoms with E-state index < -0.39 is 0 Å². The Balaban J connectivity index is 2.05. The third-order valence-corrected chi connectivity index (χ3v) is 4.40. The maximum atomic E-state index is 12.8. The Hall–Kier alpha value is -1.10. The average molecular weight is 283 g/mol. The van der Waals surface area contributed by atoms with Gasteiger partial charge in [0.05, 0.1) is 24.7 Å². The van der Waals surface area contributed by atoms with E-state index in [-0.39, 0.29) is 48.5 Å². The van der Waals surface area contributed by atoms with E-state index >= 15 is 0 Å². The third kappa shape index (κ3) is 3.14. The van der Waals surface area contributed by atoms with Gasteiger partial charge in [-0.3, -0.25) is 9.59 Å². The minimum Gasteiger partial charge on any atom is -0.465 e. The lowest BCUT2D eigenvalue weighted by Crippen LogP contribution is -2.45. The average Bonchev–Trinajstić information content (AvgIpc) is 3.16. The number of hydrogen-bond donors (Lipinski definition) is 0. The molecule has 1 saturated heterocycles. The van der Waals surface area contributed by atoms with E-state index in [1.54, 1.807) is 11.8 Å². The standard InChI is InChI=1S/C15H25NO4/c1-5-19-13(17)8-16(12-6-7-12)15(18)14-9(2)10(3)20-11(14)4/h9-12,14H,5-8H2,1-4H3. The summed E-state index contributed by atoms with van der Waals surface area (Å²) in [7, 11) is 0. The number of carbonyl (C=O) groups is 2. The molecule has 1 heterocycles. The monoisotopic (exact) mass is 283 g/mol. The summed E-state index contributed by atoms with van der Waals surface area (Å²) >= 11 is 0. The van der Waals surface area contributed by atoms with E-state index in [0.29, 0.717) is 6.61 Å². The predicted octanol–water partition coefficient (Wildman–Crippen LogP) is 1.60. The number of carbonyl (C=O) groups excluding carboxylic acids is 2. The molecule has 0 aromatic carbocycles. The van der Waals surface area contributed by atoms with Crippen LogP contribution >= 0.6 is 0 Å². The van der Waals surface area contributed by atoms with Crippen LogP contribution in [0, 0.1) is 11.8 Å². The van der Waals surface area contributed by atoms with Gasteiger partial charge in [-0.15, -0.1) is 0 Å². The zero-order valence-electron chi connectivity index (χ0n) is 12.8. The van der Waals surface area contributed by atoms with Crippen molar-refractivity contribution in [1.29, 1.82) is 0 Å². The minimum absolute atomic E-state index is 0.0462. The van der Waals surface area contributed by atoms with Crippen LogP contribution in [0.1, 0.15) is 40.5 Å². The lowest BCUT2D eigenvalue weighted by molar-refractivity contribution is -0.151. The quantitative estimate of drug-likeness (QED) is 0.719. The van der Waals surface area contributed by atoms with Crippen molar-refractivity contribution in [2.75, 3.05) is 13.2 Å². The molecule has 0 radical (unpaired) electrons. The first-order valence-corrected chi connectivity index (χ1v) is 7.57. The van der Waals surface area contributed by atoms with Gasteiger partial charge in [-0.1, -0.05) is 6.92 Å². The summed E-state index contributed by atoms with van der Waals surface area (Å²) in [5.41, 5.74) is 0. The van der Waals surface area contributed by atoms with Crippen LogP contribution < -0.4 is 0 Å². The van der Waals surface area contributed by atoms with Crippen molar-refractivity contribution in [2.24, 2.45) is 11.8 Å². The second-order valence-electron chi connectivity index (χ2n) is 5.93. The molecule has 2 rings (SSSR count). The second-order valence-corrected chi connectivity index (χ2v) is 5.93. The van der Waals surface area contributed by atoms with Crippen LogP contribution in [0.5, 0.6) is 0 Å². The molecule has 0 aromatic heterocycles. The third-order valence-electron chi connectivity index (χ3n) is 4.40. The lowest BCUT2D eigenvalue weighted by atomic mass is 9.88. The molecule has 1 aliphatic heterocycles. The molecule has 4 atom stereocenters. The van der Waals surface area contributed by atoms with E-state index in [9.17, 15) is 9.59 Å². The Morgan fingerprint density at radius 3 is 2.30 bits per heavy atom. The first kappa shape index (κ1) is 15.3. The highest BCUT2D eigenvalue weighted by molar-refractivity contribution is 5.85. The summed E-state index contributed by atoms with van der Waals surface area (Å²) in [4.78, 5) is 26.2. The fraction of sp³-hybridized carbons (Fsp3) is 0.867. The Labute approximate surface area is 120 Å². The van der Waals surface area contributed by atoms with Crippen LogP contribution in [0.15, 0.2) is 0 Å². The lowest BCUT2D eigenvalue weighted by Gasteiger charge is -2.27. The maximum absolute atomic E-state index is 12.8. The Kier molecular flexibility index (Phi) is 4.68. The van der Waals surface area contributed by atoms with Crippen LogP contribution in [0.4, 0.5) is 0 Å². The van der Waals surface area contributed by atoms with Gasteiger partial charge in [0.15, 0.2) is 0 Å². The van der Waals surface area contributed by atoms with Gasteiger partial charge in [0.2, 0.25) is 5.91 Å². The van der Waals surface area contributed by atoms with Gasteiger partial charge >= 0.3 is 5.97 Å². The molecule has 0 bridgehead atoms. The van der Waals surface area contributed by atoms with Crippen molar-refractivity contribution in [1.82, 2.24) is 4.90 Å². The number of ether oxygens (including phenoxy) is 2. The molecule has 5 heteroatoms. The molecule has 0 spiro atoms. The molecule has 5 nitrogen and oxygen atoms in total. The van der Waals surface area contributed by atoms with Gasteiger partial charge in [-0.25, -0.2) is 0 Å². The van der Waals surface area contributed by atoms with E-state index in [1.165, 1.54) is 0 Å². The Morgan fingerprint density at radius 2 is 1.85 bits per heavy atom. The van der Waals surface area contributed by atoms with Crippen molar-refractivity contribution in [3.63, 3.8) is 0 Å². The van der Waals surface area contributed by atoms with Crippen molar-refractivity contribution in [3.8, 4) is 0 Å². The highest BCUT2D eigenvalue weighted by Crippen LogP contribution is 2.36. The first-order chi connectivity index (χ1) is 9.45. The highest BCUT2D eigenvalue weighted by atomic mass is 16.5. The van der Waals surface area contributed by atoms with E-state index in [2.05, 4.69) is 0 Å². The van der Waals surface area contributed by atoms with Crippen LogP contribution in [-0.2, 0) is 19.1 Å². The number of hydrogen-bond acceptors (Lipinski definition) is 4. The molecule has 20 heavy (non-hydrogen) atoms. The summed E-state index contributed by atoms with van der Waals surface area (Å²) in [6, 6.07) is 0.210. The largest absolute Gasteiger partial charge is 0.465 e. The zero-order valence-corrected chi connectivity index (χ0v) is 12.8. The van der Waals surface area contributed by atoms with Gasteiger partial charge in [0, 0.05) is 6.04 Å². The SMILES string of the molecule is CCOC(=O)CN(C(=O)C1C(C)OC(C)C1C)C1CC1. The van der Waals surface area contributed by atoms with Crippen molar-refractivity contribution in [2.45, 2.75) is 58.8 Å². The van der Waals surface area contributed by atoms with Crippen LogP contribution in [0.2, 0.25) is 0 Å². The Morgan fingerprint density at radius 1 is 1.20 bits per heavy atom. The molecule has 1 aliphatic carbocycles. The summed E-state index contributed by atoms with van der Waals surface area (Å²) in [5, 5.41) is 0. The van der Waals surface area contributed by atoms with Gasteiger partial charge in [0.25, 0.3) is 0 Å². The number of nitrogens with zero attached hydrogens (tertiary/aromatic N) is 1. The molecule has 114 valence electrons. The molecular weight excluding hydrogens is 258 g/mol. The molecule has 1 amide bonds. The molecular formula is C15H25NO4. The van der Waals surface area contributed by atoms with Crippen LogP contribution in [0.25, 0.3) is 0 Å². The smallest absolute Gasteiger partial charge is 0.325 e. The summed E-state index contributed by atoms with van der Waals surface area (Å²) in [5.74, 6) is -0.245. The number of amides is 1. The van der Waals surface area contributed by atoms with Gasteiger partial charge in [0.1, 0.15) is 6.54 Å². The van der Waals surface area contributed by atoms with E-state index in [4.69, 9.17) is 9.47 Å². The van der Waals surface area contributed by atoms with Crippen molar-refractivity contribution in [3.05, 3.63) is 0 Å². The second kappa shape index (κ2) is 6.12. The van der Waals surface area contributed by atoms with Gasteiger partial charge in [-0.2, -0.15) is 0 Å². The van der Waals surface area contributed by atoms with Crippen molar-refractivity contribution < 1.29 is 19.1 Å². The first-order valence-electron chi connectivity index (χ1n) is 7.57. The highest BCUT2D eigenvalue weighted by Gasteiger charge is 2.46. The zero-order chi connectivity index (χ0) is 14.9. The predicted molar refractivity (Wildman–Crippen MR) is 74.0 cm³/mol. The van der Waals surface area contributed by atoms with Crippen LogP contribution in [0.3, 0.4) is 0 Å². The van der Waals surface area contributed by atoms with Crippen LogP contribution in [-0.4, -0.2) is 48.2 Å². The molecule has 0 N–H and O–H groups in total.